The number of rotatable bonds is 3. The van der Waals surface area contributed by atoms with Gasteiger partial charge in [0.25, 0.3) is 0 Å². The Morgan fingerprint density at radius 3 is 2.00 bits per heavy atom. The van der Waals surface area contributed by atoms with Crippen molar-refractivity contribution in [2.24, 2.45) is 0 Å². The van der Waals surface area contributed by atoms with Crippen molar-refractivity contribution in [3.63, 3.8) is 0 Å². The number of likely N-dealkylation sites (N-methyl/N-ethyl adjacent to an activating group) is 1. The molecule has 0 radical (unpaired) electrons. The van der Waals surface area contributed by atoms with E-state index in [0.717, 1.165) is 4.48 Å². The van der Waals surface area contributed by atoms with E-state index in [1.807, 2.05) is 12.1 Å². The second-order valence-electron chi connectivity index (χ2n) is 4.21. The lowest BCUT2D eigenvalue weighted by atomic mass is 10.1. The van der Waals surface area contributed by atoms with Crippen molar-refractivity contribution < 1.29 is 9.96 Å². The first-order valence-electron chi connectivity index (χ1n) is 4.54. The maximum Gasteiger partial charge on any atom is 0.133 e. The van der Waals surface area contributed by atoms with Crippen LogP contribution in [-0.4, -0.2) is 31.1 Å². The Kier molecular flexibility index (Phi) is 4.54. The van der Waals surface area contributed by atoms with Gasteiger partial charge in [-0.15, -0.1) is 0 Å². The highest BCUT2D eigenvalue weighted by Crippen LogP contribution is 2.23. The summed E-state index contributed by atoms with van der Waals surface area (Å²) in [5.74, 6) is 0. The Morgan fingerprint density at radius 1 is 1.14 bits per heavy atom. The fourth-order valence-corrected chi connectivity index (χ4v) is 1.55. The molecule has 0 heterocycles. The van der Waals surface area contributed by atoms with Gasteiger partial charge in [-0.25, -0.2) is 0 Å². The Balaban J connectivity index is 0.00000169. The Morgan fingerprint density at radius 2 is 1.64 bits per heavy atom. The van der Waals surface area contributed by atoms with E-state index in [4.69, 9.17) is 0 Å². The molecule has 0 saturated carbocycles. The van der Waals surface area contributed by atoms with Gasteiger partial charge in [-0.1, -0.05) is 36.9 Å². The summed E-state index contributed by atoms with van der Waals surface area (Å²) in [6.07, 6.45) is 2.01. The second kappa shape index (κ2) is 4.94. The summed E-state index contributed by atoms with van der Waals surface area (Å²) < 4.78 is 0.882. The number of quaternary nitrogens is 1. The van der Waals surface area contributed by atoms with Gasteiger partial charge < -0.3 is 9.96 Å². The van der Waals surface area contributed by atoms with E-state index in [1.54, 1.807) is 0 Å². The van der Waals surface area contributed by atoms with Crippen LogP contribution in [0.2, 0.25) is 0 Å². The molecule has 14 heavy (non-hydrogen) atoms. The van der Waals surface area contributed by atoms with Crippen LogP contribution in [0.1, 0.15) is 11.6 Å². The van der Waals surface area contributed by atoms with Crippen molar-refractivity contribution in [3.8, 4) is 0 Å². The van der Waals surface area contributed by atoms with Gasteiger partial charge in [0.15, 0.2) is 0 Å². The molecule has 0 spiro atoms. The summed E-state index contributed by atoms with van der Waals surface area (Å²) in [5, 5.41) is 0. The molecule has 2 nitrogen and oxygen atoms in total. The molecular formula is C12H19NO. The van der Waals surface area contributed by atoms with E-state index >= 15 is 0 Å². The van der Waals surface area contributed by atoms with E-state index in [0.29, 0.717) is 6.04 Å². The van der Waals surface area contributed by atoms with Crippen molar-refractivity contribution in [1.29, 1.82) is 0 Å². The molecule has 1 N–H and O–H groups in total. The highest BCUT2D eigenvalue weighted by atomic mass is 16.0. The van der Waals surface area contributed by atoms with Crippen LogP contribution in [-0.2, 0) is 0 Å². The Hall–Kier alpha value is -1.12. The van der Waals surface area contributed by atoms with Gasteiger partial charge in [-0.05, 0) is 6.08 Å². The van der Waals surface area contributed by atoms with Crippen LogP contribution < -0.4 is 0 Å². The molecule has 0 fully saturated rings. The van der Waals surface area contributed by atoms with Crippen molar-refractivity contribution in [2.75, 3.05) is 21.1 Å². The number of hydrogen-bond donors (Lipinski definition) is 0. The smallest absolute Gasteiger partial charge is 0.133 e. The van der Waals surface area contributed by atoms with Gasteiger partial charge in [-0.3, -0.25) is 0 Å². The summed E-state index contributed by atoms with van der Waals surface area (Å²) >= 11 is 0. The molecule has 0 bridgehead atoms. The van der Waals surface area contributed by atoms with Crippen LogP contribution >= 0.6 is 0 Å². The average Bonchev–Trinajstić information content (AvgIpc) is 2.05. The van der Waals surface area contributed by atoms with Crippen LogP contribution in [0.15, 0.2) is 43.0 Å². The van der Waals surface area contributed by atoms with Crippen LogP contribution in [0, 0.1) is 0 Å². The van der Waals surface area contributed by atoms with Gasteiger partial charge in [0.1, 0.15) is 6.04 Å². The minimum Gasteiger partial charge on any atom is -0.870 e. The maximum absolute atomic E-state index is 3.89. The standard InChI is InChI=1S/C12H18N.H2O/c1-5-12(13(2,3)4)11-9-7-6-8-10-11;/h5-10,12H,1H2,2-4H3;1H2/q+1;/p-1. The van der Waals surface area contributed by atoms with Crippen molar-refractivity contribution in [2.45, 2.75) is 6.04 Å². The van der Waals surface area contributed by atoms with Gasteiger partial charge in [0.2, 0.25) is 0 Å². The number of hydrogen-bond acceptors (Lipinski definition) is 1. The zero-order valence-corrected chi connectivity index (χ0v) is 9.14. The van der Waals surface area contributed by atoms with Gasteiger partial charge in [0.05, 0.1) is 21.1 Å². The Bertz CT molecular complexity index is 274. The first-order chi connectivity index (χ1) is 6.05. The zero-order valence-electron chi connectivity index (χ0n) is 9.14. The highest BCUT2D eigenvalue weighted by molar-refractivity contribution is 5.20. The molecule has 1 aromatic carbocycles. The minimum absolute atomic E-state index is 0. The molecule has 1 atom stereocenters. The number of nitrogens with zero attached hydrogens (tertiary/aromatic N) is 1. The monoisotopic (exact) mass is 193 g/mol. The third kappa shape index (κ3) is 2.98. The van der Waals surface area contributed by atoms with Crippen LogP contribution in [0.5, 0.6) is 0 Å². The molecular weight excluding hydrogens is 174 g/mol. The van der Waals surface area contributed by atoms with E-state index < -0.39 is 0 Å². The summed E-state index contributed by atoms with van der Waals surface area (Å²) in [6.45, 7) is 3.89. The van der Waals surface area contributed by atoms with Gasteiger partial charge in [0, 0.05) is 5.56 Å². The van der Waals surface area contributed by atoms with E-state index in [-0.39, 0.29) is 5.48 Å². The molecule has 1 unspecified atom stereocenters. The van der Waals surface area contributed by atoms with Gasteiger partial charge >= 0.3 is 0 Å². The Labute approximate surface area is 86.4 Å². The third-order valence-corrected chi connectivity index (χ3v) is 2.20. The van der Waals surface area contributed by atoms with Crippen LogP contribution in [0.25, 0.3) is 0 Å². The lowest BCUT2D eigenvalue weighted by molar-refractivity contribution is -0.895. The van der Waals surface area contributed by atoms with Crippen molar-refractivity contribution in [1.82, 2.24) is 0 Å². The first kappa shape index (κ1) is 12.9. The molecule has 0 saturated heterocycles. The van der Waals surface area contributed by atoms with Crippen molar-refractivity contribution in [3.05, 3.63) is 48.6 Å². The van der Waals surface area contributed by atoms with Gasteiger partial charge in [-0.2, -0.15) is 0 Å². The predicted octanol–water partition coefficient (Wildman–Crippen LogP) is 2.44. The zero-order chi connectivity index (χ0) is 9.90. The second-order valence-corrected chi connectivity index (χ2v) is 4.21. The SMILES string of the molecule is C=CC(c1ccccc1)[N+](C)(C)C.[OH-]. The molecule has 0 aromatic heterocycles. The summed E-state index contributed by atoms with van der Waals surface area (Å²) in [4.78, 5) is 0. The van der Waals surface area contributed by atoms with Crippen LogP contribution in [0.3, 0.4) is 0 Å². The summed E-state index contributed by atoms with van der Waals surface area (Å²) in [7, 11) is 6.54. The first-order valence-corrected chi connectivity index (χ1v) is 4.54. The lowest BCUT2D eigenvalue weighted by Crippen LogP contribution is -2.37. The normalized spacial score (nSPS) is 12.8. The molecule has 78 valence electrons. The minimum atomic E-state index is 0. The largest absolute Gasteiger partial charge is 0.870 e. The average molecular weight is 193 g/mol. The van der Waals surface area contributed by atoms with Crippen LogP contribution in [0.4, 0.5) is 0 Å². The third-order valence-electron chi connectivity index (χ3n) is 2.20. The molecule has 2 heteroatoms. The lowest BCUT2D eigenvalue weighted by Gasteiger charge is -2.32. The maximum atomic E-state index is 3.89. The van der Waals surface area contributed by atoms with E-state index in [9.17, 15) is 0 Å². The molecule has 1 rings (SSSR count). The quantitative estimate of drug-likeness (QED) is 0.535. The number of benzene rings is 1. The fraction of sp³-hybridized carbons (Fsp3) is 0.333. The predicted molar refractivity (Wildman–Crippen MR) is 59.3 cm³/mol. The van der Waals surface area contributed by atoms with E-state index in [2.05, 4.69) is 52.0 Å². The fourth-order valence-electron chi connectivity index (χ4n) is 1.55. The van der Waals surface area contributed by atoms with E-state index in [1.165, 1.54) is 5.56 Å². The topological polar surface area (TPSA) is 30.0 Å². The molecule has 1 aromatic rings. The summed E-state index contributed by atoms with van der Waals surface area (Å²) in [6, 6.07) is 10.9. The highest BCUT2D eigenvalue weighted by Gasteiger charge is 2.21. The molecule has 0 aliphatic carbocycles. The van der Waals surface area contributed by atoms with Crippen molar-refractivity contribution >= 4 is 0 Å². The molecule has 0 aliphatic heterocycles. The molecule has 0 amide bonds. The molecule has 0 aliphatic rings. The summed E-state index contributed by atoms with van der Waals surface area (Å²) in [5.41, 5.74) is 1.32.